The van der Waals surface area contributed by atoms with Crippen LogP contribution in [0.25, 0.3) is 0 Å². The Labute approximate surface area is 118 Å². The van der Waals surface area contributed by atoms with Crippen LogP contribution in [0.1, 0.15) is 11.5 Å². The van der Waals surface area contributed by atoms with Gasteiger partial charge in [0.05, 0.1) is 13.0 Å². The molecule has 0 radical (unpaired) electrons. The minimum atomic E-state index is -0.841. The van der Waals surface area contributed by atoms with Gasteiger partial charge in [0.25, 0.3) is 0 Å². The molecule has 0 aliphatic rings. The molecule has 4 nitrogen and oxygen atoms in total. The van der Waals surface area contributed by atoms with Crippen LogP contribution in [0.2, 0.25) is 0 Å². The van der Waals surface area contributed by atoms with Crippen LogP contribution in [0.4, 0.5) is 5.69 Å². The molecule has 20 heavy (non-hydrogen) atoms. The lowest BCUT2D eigenvalue weighted by atomic mass is 9.99. The molecule has 1 atom stereocenters. The van der Waals surface area contributed by atoms with Crippen LogP contribution in [0, 0.1) is 0 Å². The summed E-state index contributed by atoms with van der Waals surface area (Å²) < 4.78 is 5.14. The average Bonchev–Trinajstić information content (AvgIpc) is 2.48. The van der Waals surface area contributed by atoms with Crippen molar-refractivity contribution in [3.05, 3.63) is 60.2 Å². The van der Waals surface area contributed by atoms with Crippen molar-refractivity contribution >= 4 is 11.7 Å². The summed E-state index contributed by atoms with van der Waals surface area (Å²) in [5.41, 5.74) is 1.63. The summed E-state index contributed by atoms with van der Waals surface area (Å²) in [5, 5.41) is 12.5. The molecule has 1 unspecified atom stereocenters. The Balaban J connectivity index is 2.08. The summed E-state index contributed by atoms with van der Waals surface area (Å²) in [6.07, 6.45) is 0. The number of carboxylic acid groups (broad SMARTS) is 1. The van der Waals surface area contributed by atoms with Crippen LogP contribution in [-0.2, 0) is 4.79 Å². The van der Waals surface area contributed by atoms with Crippen molar-refractivity contribution in [1.29, 1.82) is 0 Å². The van der Waals surface area contributed by atoms with E-state index >= 15 is 0 Å². The van der Waals surface area contributed by atoms with Crippen LogP contribution in [0.3, 0.4) is 0 Å². The van der Waals surface area contributed by atoms with Crippen LogP contribution in [-0.4, -0.2) is 24.7 Å². The van der Waals surface area contributed by atoms with Crippen molar-refractivity contribution in [2.45, 2.75) is 5.92 Å². The molecular formula is C16H17NO3. The zero-order valence-electron chi connectivity index (χ0n) is 11.2. The maximum absolute atomic E-state index is 11.4. The SMILES string of the molecule is COc1cccc(NCC(C(=O)O)c2ccccc2)c1. The zero-order chi connectivity index (χ0) is 14.4. The Morgan fingerprint density at radius 3 is 2.60 bits per heavy atom. The average molecular weight is 271 g/mol. The molecule has 0 saturated carbocycles. The van der Waals surface area contributed by atoms with E-state index in [1.165, 1.54) is 0 Å². The van der Waals surface area contributed by atoms with E-state index in [0.29, 0.717) is 6.54 Å². The second-order valence-corrected chi connectivity index (χ2v) is 4.41. The third-order valence-electron chi connectivity index (χ3n) is 3.08. The third kappa shape index (κ3) is 3.51. The monoisotopic (exact) mass is 271 g/mol. The highest BCUT2D eigenvalue weighted by Crippen LogP contribution is 2.20. The predicted octanol–water partition coefficient (Wildman–Crippen LogP) is 2.98. The molecule has 0 amide bonds. The number of anilines is 1. The van der Waals surface area contributed by atoms with Gasteiger partial charge in [-0.05, 0) is 17.7 Å². The molecule has 2 aromatic rings. The molecule has 0 spiro atoms. The highest BCUT2D eigenvalue weighted by molar-refractivity contribution is 5.77. The van der Waals surface area contributed by atoms with E-state index in [1.807, 2.05) is 54.6 Å². The third-order valence-corrected chi connectivity index (χ3v) is 3.08. The highest BCUT2D eigenvalue weighted by Gasteiger charge is 2.19. The van der Waals surface area contributed by atoms with Crippen molar-refractivity contribution in [3.8, 4) is 5.75 Å². The largest absolute Gasteiger partial charge is 0.497 e. The minimum absolute atomic E-state index is 0.326. The topological polar surface area (TPSA) is 58.6 Å². The van der Waals surface area contributed by atoms with Gasteiger partial charge in [-0.25, -0.2) is 0 Å². The minimum Gasteiger partial charge on any atom is -0.497 e. The van der Waals surface area contributed by atoms with Gasteiger partial charge in [-0.1, -0.05) is 36.4 Å². The van der Waals surface area contributed by atoms with Gasteiger partial charge in [0, 0.05) is 18.3 Å². The first-order valence-corrected chi connectivity index (χ1v) is 6.36. The summed E-state index contributed by atoms with van der Waals surface area (Å²) in [7, 11) is 1.60. The van der Waals surface area contributed by atoms with E-state index in [-0.39, 0.29) is 0 Å². The molecule has 0 saturated heterocycles. The number of ether oxygens (including phenoxy) is 1. The molecule has 0 aliphatic carbocycles. The first-order valence-electron chi connectivity index (χ1n) is 6.36. The Bertz CT molecular complexity index is 569. The van der Waals surface area contributed by atoms with Gasteiger partial charge in [0.1, 0.15) is 5.75 Å². The lowest BCUT2D eigenvalue weighted by Crippen LogP contribution is -2.20. The number of carbonyl (C=O) groups is 1. The summed E-state index contributed by atoms with van der Waals surface area (Å²) in [4.78, 5) is 11.4. The second kappa shape index (κ2) is 6.61. The van der Waals surface area contributed by atoms with Crippen LogP contribution < -0.4 is 10.1 Å². The summed E-state index contributed by atoms with van der Waals surface area (Å²) >= 11 is 0. The van der Waals surface area contributed by atoms with E-state index < -0.39 is 11.9 Å². The normalized spacial score (nSPS) is 11.7. The molecule has 4 heteroatoms. The molecule has 0 heterocycles. The Kier molecular flexibility index (Phi) is 4.60. The first kappa shape index (κ1) is 13.9. The van der Waals surface area contributed by atoms with Crippen LogP contribution in [0.5, 0.6) is 5.75 Å². The Hall–Kier alpha value is -2.49. The van der Waals surface area contributed by atoms with Crippen molar-refractivity contribution < 1.29 is 14.6 Å². The summed E-state index contributed by atoms with van der Waals surface area (Å²) in [5.74, 6) is -0.685. The second-order valence-electron chi connectivity index (χ2n) is 4.41. The van der Waals surface area contributed by atoms with E-state index in [9.17, 15) is 9.90 Å². The number of methoxy groups -OCH3 is 1. The molecule has 2 aromatic carbocycles. The molecule has 2 rings (SSSR count). The van der Waals surface area contributed by atoms with Gasteiger partial charge in [-0.2, -0.15) is 0 Å². The van der Waals surface area contributed by atoms with E-state index in [2.05, 4.69) is 5.32 Å². The van der Waals surface area contributed by atoms with E-state index in [4.69, 9.17) is 4.74 Å². The summed E-state index contributed by atoms with van der Waals surface area (Å²) in [6.45, 7) is 0.326. The van der Waals surface area contributed by atoms with Crippen LogP contribution >= 0.6 is 0 Å². The van der Waals surface area contributed by atoms with Gasteiger partial charge in [-0.3, -0.25) is 4.79 Å². The van der Waals surface area contributed by atoms with Crippen molar-refractivity contribution in [2.24, 2.45) is 0 Å². The van der Waals surface area contributed by atoms with E-state index in [1.54, 1.807) is 7.11 Å². The molecular weight excluding hydrogens is 254 g/mol. The predicted molar refractivity (Wildman–Crippen MR) is 78.3 cm³/mol. The Morgan fingerprint density at radius 1 is 1.20 bits per heavy atom. The maximum atomic E-state index is 11.4. The zero-order valence-corrected chi connectivity index (χ0v) is 11.2. The van der Waals surface area contributed by atoms with Gasteiger partial charge < -0.3 is 15.2 Å². The molecule has 0 bridgehead atoms. The molecule has 104 valence electrons. The van der Waals surface area contributed by atoms with Crippen molar-refractivity contribution in [2.75, 3.05) is 19.0 Å². The number of rotatable bonds is 6. The van der Waals surface area contributed by atoms with Crippen molar-refractivity contribution in [3.63, 3.8) is 0 Å². The molecule has 0 fully saturated rings. The Morgan fingerprint density at radius 2 is 1.95 bits per heavy atom. The molecule has 2 N–H and O–H groups in total. The quantitative estimate of drug-likeness (QED) is 0.848. The first-order chi connectivity index (χ1) is 9.70. The fourth-order valence-corrected chi connectivity index (χ4v) is 1.99. The smallest absolute Gasteiger partial charge is 0.312 e. The fraction of sp³-hybridized carbons (Fsp3) is 0.188. The maximum Gasteiger partial charge on any atom is 0.312 e. The van der Waals surface area contributed by atoms with E-state index in [0.717, 1.165) is 17.0 Å². The number of aliphatic carboxylic acids is 1. The molecule has 0 aliphatic heterocycles. The van der Waals surface area contributed by atoms with Gasteiger partial charge in [-0.15, -0.1) is 0 Å². The van der Waals surface area contributed by atoms with Gasteiger partial charge in [0.15, 0.2) is 0 Å². The molecule has 0 aromatic heterocycles. The standard InChI is InChI=1S/C16H17NO3/c1-20-14-9-5-8-13(10-14)17-11-15(16(18)19)12-6-3-2-4-7-12/h2-10,15,17H,11H2,1H3,(H,18,19). The summed E-state index contributed by atoms with van der Waals surface area (Å²) in [6, 6.07) is 16.6. The number of benzene rings is 2. The highest BCUT2D eigenvalue weighted by atomic mass is 16.5. The van der Waals surface area contributed by atoms with Crippen molar-refractivity contribution in [1.82, 2.24) is 0 Å². The fourth-order valence-electron chi connectivity index (χ4n) is 1.99. The number of nitrogens with one attached hydrogen (secondary N) is 1. The van der Waals surface area contributed by atoms with Gasteiger partial charge in [0.2, 0.25) is 0 Å². The number of hydrogen-bond donors (Lipinski definition) is 2. The van der Waals surface area contributed by atoms with Crippen LogP contribution in [0.15, 0.2) is 54.6 Å². The lowest BCUT2D eigenvalue weighted by molar-refractivity contribution is -0.138. The van der Waals surface area contributed by atoms with Gasteiger partial charge >= 0.3 is 5.97 Å². The number of carboxylic acids is 1. The number of hydrogen-bond acceptors (Lipinski definition) is 3. The lowest BCUT2D eigenvalue weighted by Gasteiger charge is -2.15.